The second kappa shape index (κ2) is 8.07. The SMILES string of the molecule is Cc1ccc2ccc(C(Nc3cc(Cl)c(Cl)cc3Cl)c3ccccn3)c(O)c2n1. The first-order chi connectivity index (χ1) is 13.9. The van der Waals surface area contributed by atoms with Crippen LogP contribution in [0.2, 0.25) is 15.1 Å². The first-order valence-corrected chi connectivity index (χ1v) is 9.98. The number of aromatic nitrogens is 2. The third kappa shape index (κ3) is 3.97. The van der Waals surface area contributed by atoms with E-state index in [4.69, 9.17) is 34.8 Å². The molecule has 2 aromatic heterocycles. The Balaban J connectivity index is 1.87. The van der Waals surface area contributed by atoms with Crippen LogP contribution in [0.4, 0.5) is 5.69 Å². The highest BCUT2D eigenvalue weighted by Crippen LogP contribution is 2.39. The molecule has 0 radical (unpaired) electrons. The van der Waals surface area contributed by atoms with Crippen LogP contribution in [0, 0.1) is 6.92 Å². The van der Waals surface area contributed by atoms with E-state index in [1.54, 1.807) is 18.3 Å². The quantitative estimate of drug-likeness (QED) is 0.340. The summed E-state index contributed by atoms with van der Waals surface area (Å²) in [7, 11) is 0. The maximum absolute atomic E-state index is 11.0. The number of anilines is 1. The molecule has 1 unspecified atom stereocenters. The van der Waals surface area contributed by atoms with Crippen molar-refractivity contribution in [2.45, 2.75) is 13.0 Å². The van der Waals surface area contributed by atoms with Gasteiger partial charge in [-0.3, -0.25) is 4.98 Å². The molecule has 4 aromatic rings. The molecule has 146 valence electrons. The number of aromatic hydroxyl groups is 1. The Morgan fingerprint density at radius 2 is 1.69 bits per heavy atom. The summed E-state index contributed by atoms with van der Waals surface area (Å²) in [6, 6.07) is 15.9. The number of pyridine rings is 2. The van der Waals surface area contributed by atoms with Crippen molar-refractivity contribution in [2.75, 3.05) is 5.32 Å². The third-order valence-corrected chi connectivity index (χ3v) is 5.65. The summed E-state index contributed by atoms with van der Waals surface area (Å²) < 4.78 is 0. The second-order valence-electron chi connectivity index (χ2n) is 6.61. The first-order valence-electron chi connectivity index (χ1n) is 8.85. The molecular weight excluding hydrogens is 429 g/mol. The number of halogens is 3. The number of rotatable bonds is 4. The first kappa shape index (κ1) is 19.8. The Morgan fingerprint density at radius 3 is 2.45 bits per heavy atom. The molecule has 2 N–H and O–H groups in total. The minimum atomic E-state index is -0.488. The van der Waals surface area contributed by atoms with E-state index in [1.165, 1.54) is 0 Å². The summed E-state index contributed by atoms with van der Waals surface area (Å²) >= 11 is 18.6. The lowest BCUT2D eigenvalue weighted by molar-refractivity contribution is 0.471. The molecular formula is C22H16Cl3N3O. The van der Waals surface area contributed by atoms with E-state index in [2.05, 4.69) is 15.3 Å². The van der Waals surface area contributed by atoms with Crippen molar-refractivity contribution < 1.29 is 5.11 Å². The van der Waals surface area contributed by atoms with Gasteiger partial charge in [-0.1, -0.05) is 59.1 Å². The summed E-state index contributed by atoms with van der Waals surface area (Å²) in [5.74, 6) is 0.0885. The van der Waals surface area contributed by atoms with Gasteiger partial charge in [-0.05, 0) is 37.3 Å². The summed E-state index contributed by atoms with van der Waals surface area (Å²) in [6.45, 7) is 1.88. The Hall–Kier alpha value is -2.53. The van der Waals surface area contributed by atoms with Crippen LogP contribution in [0.5, 0.6) is 5.75 Å². The molecule has 7 heteroatoms. The van der Waals surface area contributed by atoms with Crippen LogP contribution in [0.25, 0.3) is 10.9 Å². The Morgan fingerprint density at radius 1 is 0.931 bits per heavy atom. The summed E-state index contributed by atoms with van der Waals surface area (Å²) in [5.41, 5.74) is 3.26. The highest BCUT2D eigenvalue weighted by Gasteiger charge is 2.22. The van der Waals surface area contributed by atoms with E-state index in [9.17, 15) is 5.11 Å². The molecule has 4 nitrogen and oxygen atoms in total. The zero-order valence-corrected chi connectivity index (χ0v) is 17.6. The monoisotopic (exact) mass is 443 g/mol. The standard InChI is InChI=1S/C22H16Cl3N3O/c1-12-5-6-13-7-8-14(22(29)20(13)27-12)21(18-4-2-3-9-26-18)28-19-11-16(24)15(23)10-17(19)25/h2-11,21,28-29H,1H3. The fraction of sp³-hybridized carbons (Fsp3) is 0.0909. The van der Waals surface area contributed by atoms with Crippen molar-refractivity contribution >= 4 is 51.4 Å². The fourth-order valence-electron chi connectivity index (χ4n) is 3.17. The molecule has 2 aromatic carbocycles. The maximum Gasteiger partial charge on any atom is 0.147 e. The normalized spacial score (nSPS) is 12.1. The number of phenolic OH excluding ortho intramolecular Hbond substituents is 1. The Kier molecular flexibility index (Phi) is 5.50. The van der Waals surface area contributed by atoms with Gasteiger partial charge in [0.05, 0.1) is 32.5 Å². The molecule has 0 aliphatic heterocycles. The van der Waals surface area contributed by atoms with Gasteiger partial charge in [0.2, 0.25) is 0 Å². The van der Waals surface area contributed by atoms with Gasteiger partial charge in [-0.15, -0.1) is 0 Å². The predicted octanol–water partition coefficient (Wildman–Crippen LogP) is 6.81. The smallest absolute Gasteiger partial charge is 0.147 e. The van der Waals surface area contributed by atoms with Crippen LogP contribution >= 0.6 is 34.8 Å². The van der Waals surface area contributed by atoms with Gasteiger partial charge >= 0.3 is 0 Å². The van der Waals surface area contributed by atoms with E-state index in [-0.39, 0.29) is 5.75 Å². The largest absolute Gasteiger partial charge is 0.505 e. The zero-order valence-electron chi connectivity index (χ0n) is 15.3. The molecule has 0 aliphatic rings. The number of hydrogen-bond donors (Lipinski definition) is 2. The van der Waals surface area contributed by atoms with Gasteiger partial charge in [0.25, 0.3) is 0 Å². The van der Waals surface area contributed by atoms with Crippen molar-refractivity contribution in [3.05, 3.63) is 92.8 Å². The van der Waals surface area contributed by atoms with Gasteiger partial charge in [0, 0.05) is 22.8 Å². The van der Waals surface area contributed by atoms with E-state index < -0.39 is 6.04 Å². The molecule has 0 fully saturated rings. The molecule has 0 saturated heterocycles. The lowest BCUT2D eigenvalue weighted by Gasteiger charge is -2.22. The van der Waals surface area contributed by atoms with E-state index in [1.807, 2.05) is 49.4 Å². The lowest BCUT2D eigenvalue weighted by Crippen LogP contribution is -2.14. The number of nitrogens with zero attached hydrogens (tertiary/aromatic N) is 2. The molecule has 0 aliphatic carbocycles. The van der Waals surface area contributed by atoms with Crippen LogP contribution in [0.1, 0.15) is 23.0 Å². The van der Waals surface area contributed by atoms with Crippen LogP contribution in [0.15, 0.2) is 60.8 Å². The molecule has 4 rings (SSSR count). The van der Waals surface area contributed by atoms with Gasteiger partial charge in [-0.2, -0.15) is 0 Å². The van der Waals surface area contributed by atoms with Crippen LogP contribution in [0.3, 0.4) is 0 Å². The van der Waals surface area contributed by atoms with Crippen molar-refractivity contribution in [1.82, 2.24) is 9.97 Å². The van der Waals surface area contributed by atoms with Gasteiger partial charge < -0.3 is 10.4 Å². The topological polar surface area (TPSA) is 58.0 Å². The Labute approximate surface area is 183 Å². The van der Waals surface area contributed by atoms with E-state index in [0.29, 0.717) is 37.5 Å². The lowest BCUT2D eigenvalue weighted by atomic mass is 9.99. The number of benzene rings is 2. The third-order valence-electron chi connectivity index (χ3n) is 4.61. The van der Waals surface area contributed by atoms with Crippen molar-refractivity contribution in [3.8, 4) is 5.75 Å². The van der Waals surface area contributed by atoms with E-state index in [0.717, 1.165) is 11.1 Å². The number of aryl methyl sites for hydroxylation is 1. The zero-order chi connectivity index (χ0) is 20.5. The van der Waals surface area contributed by atoms with E-state index >= 15 is 0 Å². The highest BCUT2D eigenvalue weighted by molar-refractivity contribution is 6.44. The minimum absolute atomic E-state index is 0.0885. The predicted molar refractivity (Wildman–Crippen MR) is 119 cm³/mol. The Bertz CT molecular complexity index is 1200. The fourth-order valence-corrected chi connectivity index (χ4v) is 3.77. The number of phenols is 1. The molecule has 0 bridgehead atoms. The second-order valence-corrected chi connectivity index (χ2v) is 7.83. The van der Waals surface area contributed by atoms with Crippen LogP contribution < -0.4 is 5.32 Å². The average molecular weight is 445 g/mol. The van der Waals surface area contributed by atoms with Crippen molar-refractivity contribution in [1.29, 1.82) is 0 Å². The minimum Gasteiger partial charge on any atom is -0.505 e. The molecule has 0 amide bonds. The van der Waals surface area contributed by atoms with Gasteiger partial charge in [0.1, 0.15) is 11.3 Å². The molecule has 0 spiro atoms. The van der Waals surface area contributed by atoms with Crippen LogP contribution in [-0.2, 0) is 0 Å². The van der Waals surface area contributed by atoms with Crippen molar-refractivity contribution in [2.24, 2.45) is 0 Å². The maximum atomic E-state index is 11.0. The van der Waals surface area contributed by atoms with Gasteiger partial charge in [0.15, 0.2) is 0 Å². The summed E-state index contributed by atoms with van der Waals surface area (Å²) in [5, 5.41) is 16.4. The number of fused-ring (bicyclic) bond motifs is 1. The molecule has 29 heavy (non-hydrogen) atoms. The van der Waals surface area contributed by atoms with Crippen molar-refractivity contribution in [3.63, 3.8) is 0 Å². The molecule has 0 saturated carbocycles. The van der Waals surface area contributed by atoms with Gasteiger partial charge in [-0.25, -0.2) is 4.98 Å². The summed E-state index contributed by atoms with van der Waals surface area (Å²) in [4.78, 5) is 8.96. The number of hydrogen-bond acceptors (Lipinski definition) is 4. The molecule has 2 heterocycles. The van der Waals surface area contributed by atoms with Crippen LogP contribution in [-0.4, -0.2) is 15.1 Å². The highest BCUT2D eigenvalue weighted by atomic mass is 35.5. The molecule has 1 atom stereocenters. The summed E-state index contributed by atoms with van der Waals surface area (Å²) in [6.07, 6.45) is 1.70. The number of nitrogens with one attached hydrogen (secondary N) is 1. The average Bonchev–Trinajstić information content (AvgIpc) is 2.71.